The van der Waals surface area contributed by atoms with Crippen LogP contribution < -0.4 is 10.1 Å². The van der Waals surface area contributed by atoms with E-state index in [-0.39, 0.29) is 17.7 Å². The lowest BCUT2D eigenvalue weighted by molar-refractivity contribution is -0.167. The normalized spacial score (nSPS) is 29.8. The van der Waals surface area contributed by atoms with Crippen molar-refractivity contribution < 1.29 is 19.7 Å². The van der Waals surface area contributed by atoms with Gasteiger partial charge < -0.3 is 30.2 Å². The van der Waals surface area contributed by atoms with Crippen LogP contribution >= 0.6 is 22.6 Å². The molecule has 4 N–H and O–H groups in total. The van der Waals surface area contributed by atoms with E-state index in [1.165, 1.54) is 0 Å². The zero-order chi connectivity index (χ0) is 24.3. The fraction of sp³-hybridized carbons (Fsp3) is 0.370. The van der Waals surface area contributed by atoms with Gasteiger partial charge in [-0.1, -0.05) is 12.1 Å². The first-order chi connectivity index (χ1) is 16.7. The first-order valence-electron chi connectivity index (χ1n) is 12.0. The Morgan fingerprint density at radius 2 is 2.14 bits per heavy atom. The molecule has 0 radical (unpaired) electrons. The number of carbonyl (C=O) groups excluding carboxylic acids is 1. The molecule has 7 nitrogen and oxygen atoms in total. The number of aromatic amines is 1. The Morgan fingerprint density at radius 3 is 2.94 bits per heavy atom. The van der Waals surface area contributed by atoms with Crippen molar-refractivity contribution in [3.63, 3.8) is 0 Å². The molecule has 35 heavy (non-hydrogen) atoms. The van der Waals surface area contributed by atoms with Crippen molar-refractivity contribution in [2.24, 2.45) is 0 Å². The summed E-state index contributed by atoms with van der Waals surface area (Å²) in [4.78, 5) is 19.0. The number of nitrogens with one attached hydrogen (secondary N) is 2. The minimum absolute atomic E-state index is 0.0727. The number of amides is 1. The molecule has 1 aromatic heterocycles. The number of nitrogens with zero attached hydrogens (tertiary/aromatic N) is 1. The summed E-state index contributed by atoms with van der Waals surface area (Å²) in [5.74, 6) is 0.373. The van der Waals surface area contributed by atoms with Crippen LogP contribution in [0.5, 0.6) is 11.5 Å². The first kappa shape index (κ1) is 21.7. The molecule has 4 atom stereocenters. The van der Waals surface area contributed by atoms with Crippen LogP contribution in [0.15, 0.2) is 36.4 Å². The molecule has 8 heteroatoms. The molecule has 2 aliphatic heterocycles. The van der Waals surface area contributed by atoms with Gasteiger partial charge in [-0.15, -0.1) is 0 Å². The Balaban J connectivity index is 1.39. The number of benzene rings is 2. The van der Waals surface area contributed by atoms with E-state index >= 15 is 0 Å². The summed E-state index contributed by atoms with van der Waals surface area (Å²) in [5, 5.41) is 26.3. The van der Waals surface area contributed by atoms with Gasteiger partial charge in [-0.05, 0) is 96.9 Å². The number of aromatic nitrogens is 1. The van der Waals surface area contributed by atoms with Crippen LogP contribution in [0.3, 0.4) is 0 Å². The van der Waals surface area contributed by atoms with Gasteiger partial charge in [0, 0.05) is 27.3 Å². The van der Waals surface area contributed by atoms with Crippen LogP contribution in [0.25, 0.3) is 0 Å². The number of rotatable bonds is 2. The Kier molecular flexibility index (Phi) is 4.35. The number of H-pyrrole nitrogens is 1. The zero-order valence-electron chi connectivity index (χ0n) is 19.5. The number of fused-ring (bicyclic) bond motifs is 2. The highest BCUT2D eigenvalue weighted by Gasteiger charge is 2.72. The monoisotopic (exact) mass is 583 g/mol. The third kappa shape index (κ3) is 2.60. The highest BCUT2D eigenvalue weighted by molar-refractivity contribution is 14.1. The van der Waals surface area contributed by atoms with E-state index in [4.69, 9.17) is 4.74 Å². The Labute approximate surface area is 216 Å². The molecular formula is C27H26IN3O4. The number of anilines is 1. The zero-order valence-corrected chi connectivity index (χ0v) is 21.6. The quantitative estimate of drug-likeness (QED) is 0.345. The number of likely N-dealkylation sites (N-methyl/N-ethyl adjacent to an activating group) is 1. The lowest BCUT2D eigenvalue weighted by atomic mass is 9.49. The molecule has 180 valence electrons. The Morgan fingerprint density at radius 1 is 1.31 bits per heavy atom. The third-order valence-electron chi connectivity index (χ3n) is 8.91. The molecule has 2 bridgehead atoms. The van der Waals surface area contributed by atoms with Gasteiger partial charge >= 0.3 is 0 Å². The summed E-state index contributed by atoms with van der Waals surface area (Å²) in [6.07, 6.45) is 1.36. The van der Waals surface area contributed by atoms with Crippen molar-refractivity contribution in [2.75, 3.05) is 18.9 Å². The number of hydrogen-bond donors (Lipinski definition) is 4. The molecule has 7 rings (SSSR count). The van der Waals surface area contributed by atoms with E-state index in [1.54, 1.807) is 6.07 Å². The average molecular weight is 583 g/mol. The molecule has 3 heterocycles. The smallest absolute Gasteiger partial charge is 0.272 e. The molecule has 4 aliphatic rings. The van der Waals surface area contributed by atoms with Gasteiger partial charge in [-0.2, -0.15) is 0 Å². The molecule has 2 aliphatic carbocycles. The van der Waals surface area contributed by atoms with Gasteiger partial charge in [0.2, 0.25) is 0 Å². The highest BCUT2D eigenvalue weighted by atomic mass is 127. The number of aromatic hydroxyl groups is 1. The average Bonchev–Trinajstić information content (AvgIpc) is 3.33. The van der Waals surface area contributed by atoms with Gasteiger partial charge in [-0.25, -0.2) is 0 Å². The highest BCUT2D eigenvalue weighted by Crippen LogP contribution is 2.68. The number of likely N-dealkylation sites (tertiary alicyclic amines) is 1. The van der Waals surface area contributed by atoms with Crippen molar-refractivity contribution in [1.82, 2.24) is 9.88 Å². The van der Waals surface area contributed by atoms with E-state index in [2.05, 4.69) is 44.8 Å². The number of hydrogen-bond acceptors (Lipinski definition) is 5. The summed E-state index contributed by atoms with van der Waals surface area (Å²) in [5.41, 5.74) is 4.18. The molecule has 1 spiro atoms. The number of halogens is 1. The fourth-order valence-corrected chi connectivity index (χ4v) is 7.85. The SMILES string of the molecule is Cc1c(C(=O)Nc2cccc(I)c2)[nH]c2c1C[C@@]1(O)[C@H]3Cc4ccc(O)c5c4[C@@]1(CCN3C)[C@H]2O5. The van der Waals surface area contributed by atoms with Crippen molar-refractivity contribution in [2.45, 2.75) is 49.3 Å². The molecular weight excluding hydrogens is 557 g/mol. The van der Waals surface area contributed by atoms with Crippen molar-refractivity contribution in [3.05, 3.63) is 73.6 Å². The van der Waals surface area contributed by atoms with Crippen LogP contribution in [0, 0.1) is 10.5 Å². The summed E-state index contributed by atoms with van der Waals surface area (Å²) in [6.45, 7) is 2.77. The summed E-state index contributed by atoms with van der Waals surface area (Å²) in [6, 6.07) is 11.3. The summed E-state index contributed by atoms with van der Waals surface area (Å²) in [7, 11) is 2.08. The Bertz CT molecular complexity index is 1430. The maximum atomic E-state index is 13.4. The minimum Gasteiger partial charge on any atom is -0.504 e. The molecule has 0 unspecified atom stereocenters. The molecule has 1 saturated heterocycles. The maximum Gasteiger partial charge on any atom is 0.272 e. The van der Waals surface area contributed by atoms with Crippen molar-refractivity contribution in [1.29, 1.82) is 0 Å². The number of phenols is 1. The molecule has 1 fully saturated rings. The second-order valence-corrected chi connectivity index (χ2v) is 11.7. The molecule has 0 saturated carbocycles. The number of ether oxygens (including phenoxy) is 1. The second kappa shape index (κ2) is 7.02. The number of aliphatic hydroxyl groups is 1. The largest absolute Gasteiger partial charge is 0.504 e. The number of piperidine rings is 1. The topological polar surface area (TPSA) is 97.8 Å². The first-order valence-corrected chi connectivity index (χ1v) is 13.1. The standard InChI is InChI=1S/C27H26IN3O4/c1-13-17-12-27(34)19-10-14-6-7-18(32)23-20(14)26(27,8-9-31(19)2)24(35-23)22(17)30-21(13)25(33)29-16-5-3-4-15(28)11-16/h3-7,11,19,24,30,32,34H,8-10,12H2,1-2H3,(H,29,33)/t19-,24+,26+,27-/m1/s1. The lowest BCUT2D eigenvalue weighted by Crippen LogP contribution is -2.73. The van der Waals surface area contributed by atoms with Crippen LogP contribution in [-0.2, 0) is 18.3 Å². The van der Waals surface area contributed by atoms with E-state index < -0.39 is 17.1 Å². The number of phenolic OH excluding ortho intramolecular Hbond substituents is 1. The van der Waals surface area contributed by atoms with E-state index in [0.29, 0.717) is 30.7 Å². The van der Waals surface area contributed by atoms with Crippen LogP contribution in [0.2, 0.25) is 0 Å². The Hall–Kier alpha value is -2.56. The molecule has 2 aromatic carbocycles. The van der Waals surface area contributed by atoms with E-state index in [0.717, 1.165) is 43.8 Å². The van der Waals surface area contributed by atoms with Gasteiger partial charge in [0.05, 0.1) is 16.7 Å². The summed E-state index contributed by atoms with van der Waals surface area (Å²) < 4.78 is 7.57. The van der Waals surface area contributed by atoms with E-state index in [9.17, 15) is 15.0 Å². The maximum absolute atomic E-state index is 13.4. The van der Waals surface area contributed by atoms with Gasteiger partial charge in [0.15, 0.2) is 17.6 Å². The third-order valence-corrected chi connectivity index (χ3v) is 9.58. The van der Waals surface area contributed by atoms with Crippen molar-refractivity contribution in [3.8, 4) is 11.5 Å². The minimum atomic E-state index is -1.07. The second-order valence-electron chi connectivity index (χ2n) is 10.5. The molecule has 1 amide bonds. The fourth-order valence-electron chi connectivity index (χ4n) is 7.31. The van der Waals surface area contributed by atoms with Crippen LogP contribution in [0.4, 0.5) is 5.69 Å². The predicted octanol–water partition coefficient (Wildman–Crippen LogP) is 3.80. The molecule has 3 aromatic rings. The van der Waals surface area contributed by atoms with Gasteiger partial charge in [-0.3, -0.25) is 4.79 Å². The van der Waals surface area contributed by atoms with Gasteiger partial charge in [0.1, 0.15) is 5.69 Å². The van der Waals surface area contributed by atoms with Crippen LogP contribution in [-0.4, -0.2) is 51.2 Å². The lowest BCUT2D eigenvalue weighted by Gasteiger charge is -2.62. The number of carbonyl (C=O) groups is 1. The summed E-state index contributed by atoms with van der Waals surface area (Å²) >= 11 is 2.22. The van der Waals surface area contributed by atoms with Crippen molar-refractivity contribution >= 4 is 34.2 Å². The van der Waals surface area contributed by atoms with Gasteiger partial charge in [0.25, 0.3) is 5.91 Å². The van der Waals surface area contributed by atoms with E-state index in [1.807, 2.05) is 37.3 Å². The van der Waals surface area contributed by atoms with Crippen LogP contribution in [0.1, 0.15) is 51.0 Å². The predicted molar refractivity (Wildman–Crippen MR) is 139 cm³/mol.